The minimum atomic E-state index is 0.468. The van der Waals surface area contributed by atoms with Gasteiger partial charge in [-0.25, -0.2) is 0 Å². The van der Waals surface area contributed by atoms with Crippen LogP contribution in [0.2, 0.25) is 0 Å². The molecule has 0 aromatic heterocycles. The summed E-state index contributed by atoms with van der Waals surface area (Å²) in [5, 5.41) is 0. The first-order valence-electron chi connectivity index (χ1n) is 9.43. The monoisotopic (exact) mass is 341 g/mol. The molecule has 138 valence electrons. The van der Waals surface area contributed by atoms with Crippen LogP contribution in [0.1, 0.15) is 47.1 Å². The van der Waals surface area contributed by atoms with Crippen molar-refractivity contribution in [3.63, 3.8) is 0 Å². The molecule has 0 radical (unpaired) electrons. The number of hydrogen-bond donors (Lipinski definition) is 0. The van der Waals surface area contributed by atoms with E-state index in [1.165, 1.54) is 22.3 Å². The molecule has 0 aliphatic rings. The van der Waals surface area contributed by atoms with Gasteiger partial charge in [0.15, 0.2) is 0 Å². The Bertz CT molecular complexity index is 589. The van der Waals surface area contributed by atoms with Crippen molar-refractivity contribution >= 4 is 5.57 Å². The minimum absolute atomic E-state index is 0.468. The molecule has 0 saturated carbocycles. The Hall–Kier alpha value is -1.80. The molecule has 0 aliphatic heterocycles. The summed E-state index contributed by atoms with van der Waals surface area (Å²) < 4.78 is 5.89. The topological polar surface area (TPSA) is 12.5 Å². The summed E-state index contributed by atoms with van der Waals surface area (Å²) in [6.07, 6.45) is 4.16. The second-order valence-electron chi connectivity index (χ2n) is 6.54. The second kappa shape index (κ2) is 10.9. The van der Waals surface area contributed by atoms with Crippen molar-refractivity contribution in [1.29, 1.82) is 0 Å². The normalized spacial score (nSPS) is 13.2. The van der Waals surface area contributed by atoms with Gasteiger partial charge in [0.25, 0.3) is 0 Å². The SMILES string of the molecule is C=C/C(=C(C)\C(=C\C)c1ccc(OCCN(CC)CC)cc1)C(C)C. The highest BCUT2D eigenvalue weighted by molar-refractivity contribution is 5.80. The van der Waals surface area contributed by atoms with Crippen LogP contribution in [-0.2, 0) is 0 Å². The van der Waals surface area contributed by atoms with Gasteiger partial charge in [-0.2, -0.15) is 0 Å². The Labute approximate surface area is 154 Å². The fourth-order valence-corrected chi connectivity index (χ4v) is 3.14. The molecule has 25 heavy (non-hydrogen) atoms. The zero-order chi connectivity index (χ0) is 18.8. The fraction of sp³-hybridized carbons (Fsp3) is 0.478. The number of rotatable bonds is 10. The van der Waals surface area contributed by atoms with Crippen LogP contribution in [0.4, 0.5) is 0 Å². The van der Waals surface area contributed by atoms with Crippen LogP contribution in [0.25, 0.3) is 5.57 Å². The van der Waals surface area contributed by atoms with Crippen molar-refractivity contribution in [2.75, 3.05) is 26.2 Å². The smallest absolute Gasteiger partial charge is 0.119 e. The van der Waals surface area contributed by atoms with Crippen LogP contribution >= 0.6 is 0 Å². The van der Waals surface area contributed by atoms with Crippen molar-refractivity contribution in [2.24, 2.45) is 5.92 Å². The van der Waals surface area contributed by atoms with Crippen molar-refractivity contribution in [3.8, 4) is 5.75 Å². The summed E-state index contributed by atoms with van der Waals surface area (Å²) in [6, 6.07) is 8.42. The lowest BCUT2D eigenvalue weighted by molar-refractivity contribution is 0.223. The summed E-state index contributed by atoms with van der Waals surface area (Å²) in [7, 11) is 0. The van der Waals surface area contributed by atoms with E-state index in [0.717, 1.165) is 32.0 Å². The standard InChI is InChI=1S/C23H35NO/c1-8-22(18(5)6)19(7)23(9-2)20-12-14-21(15-13-20)25-17-16-24(10-3)11-4/h8-9,12-15,18H,1,10-11,16-17H2,2-7H3/b22-19+,23-9-. The maximum atomic E-state index is 5.89. The molecule has 1 rings (SSSR count). The number of nitrogens with zero attached hydrogens (tertiary/aromatic N) is 1. The molecule has 1 aromatic carbocycles. The van der Waals surface area contributed by atoms with Gasteiger partial charge in [-0.3, -0.25) is 0 Å². The van der Waals surface area contributed by atoms with E-state index in [1.807, 2.05) is 6.08 Å². The first kappa shape index (κ1) is 21.2. The fourth-order valence-electron chi connectivity index (χ4n) is 3.14. The van der Waals surface area contributed by atoms with E-state index in [9.17, 15) is 0 Å². The van der Waals surface area contributed by atoms with Crippen LogP contribution < -0.4 is 4.74 Å². The number of benzene rings is 1. The summed E-state index contributed by atoms with van der Waals surface area (Å²) >= 11 is 0. The summed E-state index contributed by atoms with van der Waals surface area (Å²) in [5.74, 6) is 1.40. The Morgan fingerprint density at radius 1 is 1.16 bits per heavy atom. The Morgan fingerprint density at radius 2 is 1.76 bits per heavy atom. The van der Waals surface area contributed by atoms with Gasteiger partial charge in [0, 0.05) is 6.54 Å². The molecular formula is C23H35NO. The van der Waals surface area contributed by atoms with Crippen molar-refractivity contribution in [2.45, 2.75) is 41.5 Å². The highest BCUT2D eigenvalue weighted by atomic mass is 16.5. The molecule has 0 heterocycles. The van der Waals surface area contributed by atoms with Crippen LogP contribution in [0.3, 0.4) is 0 Å². The van der Waals surface area contributed by atoms with Crippen molar-refractivity contribution in [1.82, 2.24) is 4.90 Å². The van der Waals surface area contributed by atoms with Gasteiger partial charge < -0.3 is 9.64 Å². The molecule has 1 aromatic rings. The maximum absolute atomic E-state index is 5.89. The van der Waals surface area contributed by atoms with Crippen LogP contribution in [0.5, 0.6) is 5.75 Å². The number of allylic oxidation sites excluding steroid dienone is 5. The van der Waals surface area contributed by atoms with Crippen molar-refractivity contribution < 1.29 is 4.74 Å². The lowest BCUT2D eigenvalue weighted by Crippen LogP contribution is -2.27. The van der Waals surface area contributed by atoms with E-state index in [1.54, 1.807) is 0 Å². The third-order valence-electron chi connectivity index (χ3n) is 4.70. The summed E-state index contributed by atoms with van der Waals surface area (Å²) in [5.41, 5.74) is 5.07. The van der Waals surface area contributed by atoms with E-state index in [0.29, 0.717) is 5.92 Å². The number of likely N-dealkylation sites (N-methyl/N-ethyl adjacent to an activating group) is 1. The third-order valence-corrected chi connectivity index (χ3v) is 4.70. The van der Waals surface area contributed by atoms with Gasteiger partial charge in [-0.1, -0.05) is 58.6 Å². The quantitative estimate of drug-likeness (QED) is 0.486. The predicted octanol–water partition coefficient (Wildman–Crippen LogP) is 5.97. The highest BCUT2D eigenvalue weighted by Gasteiger charge is 2.10. The Kier molecular flexibility index (Phi) is 9.30. The molecule has 0 spiro atoms. The lowest BCUT2D eigenvalue weighted by Gasteiger charge is -2.18. The van der Waals surface area contributed by atoms with E-state index >= 15 is 0 Å². The summed E-state index contributed by atoms with van der Waals surface area (Å²) in [4.78, 5) is 2.36. The lowest BCUT2D eigenvalue weighted by atomic mass is 9.90. The van der Waals surface area contributed by atoms with Gasteiger partial charge in [0.05, 0.1) is 0 Å². The first-order chi connectivity index (χ1) is 12.0. The third kappa shape index (κ3) is 6.21. The van der Waals surface area contributed by atoms with E-state index in [2.05, 4.69) is 83.4 Å². The predicted molar refractivity (Wildman–Crippen MR) is 111 cm³/mol. The molecule has 2 nitrogen and oxygen atoms in total. The second-order valence-corrected chi connectivity index (χ2v) is 6.54. The molecule has 0 unspecified atom stereocenters. The van der Waals surface area contributed by atoms with Crippen LogP contribution in [0, 0.1) is 5.92 Å². The Balaban J connectivity index is 2.85. The molecule has 0 N–H and O–H groups in total. The molecular weight excluding hydrogens is 306 g/mol. The minimum Gasteiger partial charge on any atom is -0.492 e. The largest absolute Gasteiger partial charge is 0.492 e. The maximum Gasteiger partial charge on any atom is 0.119 e. The molecule has 2 heteroatoms. The molecule has 0 amide bonds. The molecule has 0 saturated heterocycles. The van der Waals surface area contributed by atoms with E-state index in [-0.39, 0.29) is 0 Å². The molecule has 0 atom stereocenters. The molecule has 0 aliphatic carbocycles. The average molecular weight is 342 g/mol. The molecule has 0 bridgehead atoms. The van der Waals surface area contributed by atoms with Crippen LogP contribution in [0.15, 0.2) is 54.1 Å². The van der Waals surface area contributed by atoms with Gasteiger partial charge >= 0.3 is 0 Å². The summed E-state index contributed by atoms with van der Waals surface area (Å²) in [6.45, 7) is 20.9. The van der Waals surface area contributed by atoms with Gasteiger partial charge in [-0.05, 0) is 67.3 Å². The number of hydrogen-bond acceptors (Lipinski definition) is 2. The van der Waals surface area contributed by atoms with Gasteiger partial charge in [0.1, 0.15) is 12.4 Å². The Morgan fingerprint density at radius 3 is 2.20 bits per heavy atom. The molecule has 0 fully saturated rings. The van der Waals surface area contributed by atoms with Crippen LogP contribution in [-0.4, -0.2) is 31.1 Å². The zero-order valence-corrected chi connectivity index (χ0v) is 16.9. The first-order valence-corrected chi connectivity index (χ1v) is 9.43. The number of ether oxygens (including phenoxy) is 1. The van der Waals surface area contributed by atoms with Gasteiger partial charge in [-0.15, -0.1) is 0 Å². The zero-order valence-electron chi connectivity index (χ0n) is 16.9. The van der Waals surface area contributed by atoms with Crippen molar-refractivity contribution in [3.05, 3.63) is 59.7 Å². The van der Waals surface area contributed by atoms with E-state index in [4.69, 9.17) is 4.74 Å². The van der Waals surface area contributed by atoms with Gasteiger partial charge in [0.2, 0.25) is 0 Å². The average Bonchev–Trinajstić information content (AvgIpc) is 2.61. The van der Waals surface area contributed by atoms with E-state index < -0.39 is 0 Å². The highest BCUT2D eigenvalue weighted by Crippen LogP contribution is 2.29.